The molecule has 6 heteroatoms. The first-order chi connectivity index (χ1) is 8.89. The molecular weight excluding hydrogens is 246 g/mol. The molecule has 2 N–H and O–H groups in total. The van der Waals surface area contributed by atoms with Crippen molar-refractivity contribution in [1.82, 2.24) is 9.55 Å². The van der Waals surface area contributed by atoms with E-state index in [0.717, 1.165) is 0 Å². The van der Waals surface area contributed by atoms with Gasteiger partial charge in [-0.1, -0.05) is 12.2 Å². The molecule has 6 nitrogen and oxygen atoms in total. The van der Waals surface area contributed by atoms with Crippen LogP contribution in [0.4, 0.5) is 5.82 Å². The molecule has 1 spiro atoms. The van der Waals surface area contributed by atoms with E-state index in [-0.39, 0.29) is 17.5 Å². The van der Waals surface area contributed by atoms with Gasteiger partial charge in [-0.15, -0.1) is 0 Å². The van der Waals surface area contributed by atoms with Gasteiger partial charge in [-0.2, -0.15) is 4.98 Å². The maximum Gasteiger partial charge on any atom is 0.350 e. The summed E-state index contributed by atoms with van der Waals surface area (Å²) in [6.45, 7) is 4.28. The van der Waals surface area contributed by atoms with E-state index in [1.165, 1.54) is 0 Å². The van der Waals surface area contributed by atoms with Crippen LogP contribution in [-0.4, -0.2) is 27.5 Å². The summed E-state index contributed by atoms with van der Waals surface area (Å²) >= 11 is 0. The Bertz CT molecular complexity index is 593. The van der Waals surface area contributed by atoms with Crippen molar-refractivity contribution in [2.24, 2.45) is 0 Å². The van der Waals surface area contributed by atoms with Gasteiger partial charge in [0.2, 0.25) is 0 Å². The summed E-state index contributed by atoms with van der Waals surface area (Å²) in [5.41, 5.74) is 4.71. The minimum atomic E-state index is -0.580. The lowest BCUT2D eigenvalue weighted by molar-refractivity contribution is -0.152. The Morgan fingerprint density at radius 3 is 2.95 bits per heavy atom. The van der Waals surface area contributed by atoms with E-state index in [1.54, 1.807) is 16.8 Å². The number of anilines is 1. The standard InChI is InChI=1S/C13H17N3O3/c1-12(2)18-8-13(19-12)5-3-9(7-13)16-6-4-10(14)15-11(16)17/h3-6,9H,7-8H2,1-2H3,(H2,14,15,17)/t9-,13-/m0/s1. The van der Waals surface area contributed by atoms with Crippen LogP contribution in [0.5, 0.6) is 0 Å². The predicted molar refractivity (Wildman–Crippen MR) is 69.6 cm³/mol. The molecule has 1 fully saturated rings. The average Bonchev–Trinajstić information content (AvgIpc) is 2.83. The molecule has 0 bridgehead atoms. The number of nitrogens with zero attached hydrogens (tertiary/aromatic N) is 2. The maximum absolute atomic E-state index is 11.8. The highest BCUT2D eigenvalue weighted by atomic mass is 16.8. The summed E-state index contributed by atoms with van der Waals surface area (Å²) in [5, 5.41) is 0. The van der Waals surface area contributed by atoms with Crippen molar-refractivity contribution in [1.29, 1.82) is 0 Å². The zero-order valence-corrected chi connectivity index (χ0v) is 11.0. The minimum absolute atomic E-state index is 0.0712. The summed E-state index contributed by atoms with van der Waals surface area (Å²) in [6, 6.07) is 1.55. The molecule has 0 saturated carbocycles. The van der Waals surface area contributed by atoms with Gasteiger partial charge in [-0.25, -0.2) is 4.79 Å². The topological polar surface area (TPSA) is 79.4 Å². The molecule has 1 saturated heterocycles. The van der Waals surface area contributed by atoms with E-state index in [4.69, 9.17) is 15.2 Å². The molecule has 0 radical (unpaired) electrons. The maximum atomic E-state index is 11.8. The summed E-state index contributed by atoms with van der Waals surface area (Å²) < 4.78 is 13.1. The van der Waals surface area contributed by atoms with E-state index < -0.39 is 11.4 Å². The van der Waals surface area contributed by atoms with Crippen LogP contribution >= 0.6 is 0 Å². The van der Waals surface area contributed by atoms with Crippen molar-refractivity contribution in [3.63, 3.8) is 0 Å². The number of allylic oxidation sites excluding steroid dienone is 1. The van der Waals surface area contributed by atoms with Gasteiger partial charge in [0.15, 0.2) is 5.79 Å². The molecule has 3 rings (SSSR count). The summed E-state index contributed by atoms with van der Waals surface area (Å²) in [4.78, 5) is 15.6. The van der Waals surface area contributed by atoms with E-state index in [2.05, 4.69) is 4.98 Å². The second-order valence-corrected chi connectivity index (χ2v) is 5.53. The number of ether oxygens (including phenoxy) is 2. The number of hydrogen-bond donors (Lipinski definition) is 1. The molecule has 2 aliphatic rings. The number of aromatic nitrogens is 2. The van der Waals surface area contributed by atoms with E-state index in [1.807, 2.05) is 26.0 Å². The quantitative estimate of drug-likeness (QED) is 0.760. The average molecular weight is 263 g/mol. The monoisotopic (exact) mass is 263 g/mol. The fourth-order valence-corrected chi connectivity index (χ4v) is 2.67. The first-order valence-electron chi connectivity index (χ1n) is 6.27. The van der Waals surface area contributed by atoms with Crippen LogP contribution in [-0.2, 0) is 9.47 Å². The lowest BCUT2D eigenvalue weighted by Gasteiger charge is -2.24. The first kappa shape index (κ1) is 12.4. The van der Waals surface area contributed by atoms with Crippen LogP contribution in [0.25, 0.3) is 0 Å². The van der Waals surface area contributed by atoms with Gasteiger partial charge in [0.25, 0.3) is 0 Å². The fourth-order valence-electron chi connectivity index (χ4n) is 2.67. The Hall–Kier alpha value is -1.66. The smallest absolute Gasteiger partial charge is 0.350 e. The van der Waals surface area contributed by atoms with Crippen molar-refractivity contribution in [3.8, 4) is 0 Å². The fraction of sp³-hybridized carbons (Fsp3) is 0.538. The Kier molecular flexibility index (Phi) is 2.55. The van der Waals surface area contributed by atoms with Crippen molar-refractivity contribution in [3.05, 3.63) is 34.9 Å². The number of nitrogens with two attached hydrogens (primary N) is 1. The van der Waals surface area contributed by atoms with Crippen LogP contribution < -0.4 is 11.4 Å². The molecule has 2 heterocycles. The van der Waals surface area contributed by atoms with Crippen LogP contribution in [0.15, 0.2) is 29.2 Å². The minimum Gasteiger partial charge on any atom is -0.383 e. The molecule has 0 aromatic carbocycles. The summed E-state index contributed by atoms with van der Waals surface area (Å²) in [7, 11) is 0. The second-order valence-electron chi connectivity index (χ2n) is 5.53. The molecule has 0 unspecified atom stereocenters. The van der Waals surface area contributed by atoms with Crippen LogP contribution in [0, 0.1) is 0 Å². The predicted octanol–water partition coefficient (Wildman–Crippen LogP) is 0.848. The summed E-state index contributed by atoms with van der Waals surface area (Å²) in [5.74, 6) is -0.344. The van der Waals surface area contributed by atoms with Gasteiger partial charge < -0.3 is 15.2 Å². The van der Waals surface area contributed by atoms with E-state index >= 15 is 0 Å². The lowest BCUT2D eigenvalue weighted by Crippen LogP contribution is -2.33. The molecule has 0 amide bonds. The number of nitrogen functional groups attached to an aromatic ring is 1. The largest absolute Gasteiger partial charge is 0.383 e. The first-order valence-corrected chi connectivity index (χ1v) is 6.27. The third-order valence-corrected chi connectivity index (χ3v) is 3.50. The van der Waals surface area contributed by atoms with Gasteiger partial charge >= 0.3 is 5.69 Å². The van der Waals surface area contributed by atoms with Crippen LogP contribution in [0.3, 0.4) is 0 Å². The third kappa shape index (κ3) is 2.17. The molecule has 102 valence electrons. The van der Waals surface area contributed by atoms with Gasteiger partial charge in [0.1, 0.15) is 11.4 Å². The van der Waals surface area contributed by atoms with E-state index in [0.29, 0.717) is 13.0 Å². The highest BCUT2D eigenvalue weighted by Crippen LogP contribution is 2.41. The Labute approximate surface area is 110 Å². The Morgan fingerprint density at radius 2 is 2.32 bits per heavy atom. The van der Waals surface area contributed by atoms with Gasteiger partial charge in [0, 0.05) is 12.6 Å². The second kappa shape index (κ2) is 3.91. The zero-order chi connectivity index (χ0) is 13.7. The van der Waals surface area contributed by atoms with Crippen molar-refractivity contribution in [2.75, 3.05) is 12.3 Å². The normalized spacial score (nSPS) is 32.2. The van der Waals surface area contributed by atoms with Crippen molar-refractivity contribution in [2.45, 2.75) is 37.7 Å². The molecule has 1 aliphatic carbocycles. The molecule has 19 heavy (non-hydrogen) atoms. The highest BCUT2D eigenvalue weighted by molar-refractivity contribution is 5.25. The molecule has 1 aliphatic heterocycles. The third-order valence-electron chi connectivity index (χ3n) is 3.50. The molecule has 1 aromatic heterocycles. The van der Waals surface area contributed by atoms with Crippen molar-refractivity contribution >= 4 is 5.82 Å². The SMILES string of the molecule is CC1(C)OC[C@@]2(C=C[C@H](n3ccc(N)nc3=O)C2)O1. The number of rotatable bonds is 1. The van der Waals surface area contributed by atoms with Crippen LogP contribution in [0.1, 0.15) is 26.3 Å². The van der Waals surface area contributed by atoms with Gasteiger partial charge in [-0.05, 0) is 19.9 Å². The molecular formula is C13H17N3O3. The molecule has 1 aromatic rings. The Balaban J connectivity index is 1.84. The summed E-state index contributed by atoms with van der Waals surface area (Å²) in [6.07, 6.45) is 6.28. The van der Waals surface area contributed by atoms with Crippen molar-refractivity contribution < 1.29 is 9.47 Å². The highest BCUT2D eigenvalue weighted by Gasteiger charge is 2.47. The van der Waals surface area contributed by atoms with Gasteiger partial charge in [-0.3, -0.25) is 4.57 Å². The van der Waals surface area contributed by atoms with Gasteiger partial charge in [0.05, 0.1) is 12.6 Å². The Morgan fingerprint density at radius 1 is 1.53 bits per heavy atom. The van der Waals surface area contributed by atoms with E-state index in [9.17, 15) is 4.79 Å². The van der Waals surface area contributed by atoms with Crippen LogP contribution in [0.2, 0.25) is 0 Å². The zero-order valence-electron chi connectivity index (χ0n) is 11.0. The lowest BCUT2D eigenvalue weighted by atomic mass is 10.0. The molecule has 2 atom stereocenters. The number of hydrogen-bond acceptors (Lipinski definition) is 5.